The van der Waals surface area contributed by atoms with E-state index in [-0.39, 0.29) is 23.6 Å². The first kappa shape index (κ1) is 14.8. The van der Waals surface area contributed by atoms with Crippen LogP contribution in [0, 0.1) is 5.92 Å². The number of para-hydroxylation sites is 1. The van der Waals surface area contributed by atoms with Gasteiger partial charge in [-0.2, -0.15) is 0 Å². The number of nitrogens with zero attached hydrogens (tertiary/aromatic N) is 2. The highest BCUT2D eigenvalue weighted by atomic mass is 16.2. The quantitative estimate of drug-likeness (QED) is 0.841. The molecule has 1 saturated heterocycles. The second-order valence-corrected chi connectivity index (χ2v) is 5.99. The molecule has 2 aliphatic rings. The van der Waals surface area contributed by atoms with Crippen LogP contribution in [-0.2, 0) is 9.59 Å². The number of carbonyl (C=O) groups is 3. The third kappa shape index (κ3) is 2.12. The number of benzene rings is 1. The smallest absolute Gasteiger partial charge is 0.256 e. The molecule has 1 aromatic rings. The van der Waals surface area contributed by atoms with E-state index >= 15 is 0 Å². The van der Waals surface area contributed by atoms with E-state index in [1.165, 1.54) is 4.90 Å². The van der Waals surface area contributed by atoms with Crippen LogP contribution in [0.4, 0.5) is 5.69 Å². The van der Waals surface area contributed by atoms with Crippen molar-refractivity contribution in [2.75, 3.05) is 11.4 Å². The molecule has 0 bridgehead atoms. The van der Waals surface area contributed by atoms with Gasteiger partial charge in [0, 0.05) is 12.5 Å². The molecule has 0 radical (unpaired) electrons. The number of fused-ring (bicyclic) bond motifs is 2. The van der Waals surface area contributed by atoms with Crippen molar-refractivity contribution in [3.05, 3.63) is 29.8 Å². The Morgan fingerprint density at radius 1 is 1.32 bits per heavy atom. The highest BCUT2D eigenvalue weighted by Crippen LogP contribution is 2.33. The van der Waals surface area contributed by atoms with Crippen molar-refractivity contribution in [1.29, 1.82) is 0 Å². The van der Waals surface area contributed by atoms with Gasteiger partial charge in [-0.25, -0.2) is 4.90 Å². The SMILES string of the molecule is CC[C@H](C)C(=O)N1C(=O)[C@@H]2CCCN2C(=O)c2ccccc21. The summed E-state index contributed by atoms with van der Waals surface area (Å²) < 4.78 is 0. The molecule has 0 aliphatic carbocycles. The molecule has 5 heteroatoms. The van der Waals surface area contributed by atoms with Crippen LogP contribution in [0.15, 0.2) is 24.3 Å². The maximum absolute atomic E-state index is 12.9. The van der Waals surface area contributed by atoms with Crippen molar-refractivity contribution >= 4 is 23.4 Å². The Morgan fingerprint density at radius 3 is 2.77 bits per heavy atom. The summed E-state index contributed by atoms with van der Waals surface area (Å²) in [6, 6.07) is 6.40. The molecule has 0 aromatic heterocycles. The number of amides is 3. The zero-order valence-corrected chi connectivity index (χ0v) is 12.9. The van der Waals surface area contributed by atoms with Gasteiger partial charge in [0.1, 0.15) is 6.04 Å². The number of carbonyl (C=O) groups excluding carboxylic acids is 3. The van der Waals surface area contributed by atoms with Crippen LogP contribution < -0.4 is 4.90 Å². The summed E-state index contributed by atoms with van der Waals surface area (Å²) in [7, 11) is 0. The Labute approximate surface area is 129 Å². The van der Waals surface area contributed by atoms with Crippen LogP contribution in [0.2, 0.25) is 0 Å². The molecule has 2 atom stereocenters. The van der Waals surface area contributed by atoms with Gasteiger partial charge in [-0.1, -0.05) is 26.0 Å². The van der Waals surface area contributed by atoms with Gasteiger partial charge in [0.05, 0.1) is 11.3 Å². The van der Waals surface area contributed by atoms with Crippen LogP contribution in [0.1, 0.15) is 43.5 Å². The fraction of sp³-hybridized carbons (Fsp3) is 0.471. The molecule has 1 aromatic carbocycles. The predicted octanol–water partition coefficient (Wildman–Crippen LogP) is 2.21. The monoisotopic (exact) mass is 300 g/mol. The lowest BCUT2D eigenvalue weighted by molar-refractivity contribution is -0.130. The number of rotatable bonds is 2. The van der Waals surface area contributed by atoms with Gasteiger partial charge in [-0.3, -0.25) is 14.4 Å². The highest BCUT2D eigenvalue weighted by molar-refractivity contribution is 6.22. The molecule has 0 saturated carbocycles. The van der Waals surface area contributed by atoms with Crippen molar-refractivity contribution in [1.82, 2.24) is 4.90 Å². The van der Waals surface area contributed by atoms with Gasteiger partial charge in [0.2, 0.25) is 5.91 Å². The van der Waals surface area contributed by atoms with Gasteiger partial charge in [0.25, 0.3) is 11.8 Å². The maximum Gasteiger partial charge on any atom is 0.256 e. The first-order valence-corrected chi connectivity index (χ1v) is 7.84. The van der Waals surface area contributed by atoms with Crippen LogP contribution in [0.5, 0.6) is 0 Å². The Bertz CT molecular complexity index is 641. The van der Waals surface area contributed by atoms with Gasteiger partial charge in [-0.15, -0.1) is 0 Å². The number of anilines is 1. The van der Waals surface area contributed by atoms with E-state index in [4.69, 9.17) is 0 Å². The summed E-state index contributed by atoms with van der Waals surface area (Å²) in [5, 5.41) is 0. The Kier molecular flexibility index (Phi) is 3.72. The molecule has 0 spiro atoms. The van der Waals surface area contributed by atoms with Gasteiger partial charge >= 0.3 is 0 Å². The summed E-state index contributed by atoms with van der Waals surface area (Å²) in [4.78, 5) is 41.2. The zero-order chi connectivity index (χ0) is 15.9. The molecule has 3 rings (SSSR count). The van der Waals surface area contributed by atoms with E-state index in [9.17, 15) is 14.4 Å². The normalized spacial score (nSPS) is 22.2. The Hall–Kier alpha value is -2.17. The second-order valence-electron chi connectivity index (χ2n) is 5.99. The molecular weight excluding hydrogens is 280 g/mol. The number of hydrogen-bond donors (Lipinski definition) is 0. The van der Waals surface area contributed by atoms with Crippen molar-refractivity contribution in [2.45, 2.75) is 39.2 Å². The summed E-state index contributed by atoms with van der Waals surface area (Å²) in [6.45, 7) is 4.32. The van der Waals surface area contributed by atoms with Crippen molar-refractivity contribution in [3.8, 4) is 0 Å². The van der Waals surface area contributed by atoms with Crippen LogP contribution in [0.25, 0.3) is 0 Å². The molecule has 22 heavy (non-hydrogen) atoms. The standard InChI is InChI=1S/C17H20N2O3/c1-3-11(2)15(20)19-13-8-5-4-7-12(13)16(21)18-10-6-9-14(18)17(19)22/h4-5,7-8,11,14H,3,6,9-10H2,1-2H3/t11-,14-/m0/s1. The first-order valence-electron chi connectivity index (χ1n) is 7.84. The minimum Gasteiger partial charge on any atom is -0.327 e. The van der Waals surface area contributed by atoms with E-state index in [2.05, 4.69) is 0 Å². The molecule has 0 unspecified atom stereocenters. The van der Waals surface area contributed by atoms with E-state index in [0.717, 1.165) is 6.42 Å². The van der Waals surface area contributed by atoms with E-state index in [1.807, 2.05) is 13.8 Å². The summed E-state index contributed by atoms with van der Waals surface area (Å²) in [5.41, 5.74) is 0.870. The van der Waals surface area contributed by atoms with Crippen molar-refractivity contribution < 1.29 is 14.4 Å². The highest BCUT2D eigenvalue weighted by Gasteiger charge is 2.44. The molecule has 5 nitrogen and oxygen atoms in total. The molecular formula is C17H20N2O3. The average Bonchev–Trinajstić information content (AvgIpc) is 3.00. The van der Waals surface area contributed by atoms with E-state index < -0.39 is 6.04 Å². The Balaban J connectivity index is 2.14. The second kappa shape index (κ2) is 5.55. The molecule has 3 amide bonds. The lowest BCUT2D eigenvalue weighted by Crippen LogP contribution is -2.48. The van der Waals surface area contributed by atoms with Crippen LogP contribution >= 0.6 is 0 Å². The molecule has 2 aliphatic heterocycles. The zero-order valence-electron chi connectivity index (χ0n) is 12.9. The minimum absolute atomic E-state index is 0.147. The van der Waals surface area contributed by atoms with Gasteiger partial charge in [0.15, 0.2) is 0 Å². The Morgan fingerprint density at radius 2 is 2.05 bits per heavy atom. The van der Waals surface area contributed by atoms with Gasteiger partial charge < -0.3 is 4.90 Å². The largest absolute Gasteiger partial charge is 0.327 e. The van der Waals surface area contributed by atoms with Crippen molar-refractivity contribution in [3.63, 3.8) is 0 Å². The molecule has 2 heterocycles. The summed E-state index contributed by atoms with van der Waals surface area (Å²) in [5.74, 6) is -0.881. The van der Waals surface area contributed by atoms with Crippen LogP contribution in [0.3, 0.4) is 0 Å². The first-order chi connectivity index (χ1) is 10.6. The number of imide groups is 1. The van der Waals surface area contributed by atoms with E-state index in [1.54, 1.807) is 29.2 Å². The topological polar surface area (TPSA) is 57.7 Å². The fourth-order valence-corrected chi connectivity index (χ4v) is 3.16. The lowest BCUT2D eigenvalue weighted by Gasteiger charge is -2.26. The third-order valence-corrected chi connectivity index (χ3v) is 4.65. The molecule has 1 fully saturated rings. The lowest BCUT2D eigenvalue weighted by atomic mass is 10.0. The van der Waals surface area contributed by atoms with Gasteiger partial charge in [-0.05, 0) is 31.4 Å². The average molecular weight is 300 g/mol. The van der Waals surface area contributed by atoms with Crippen LogP contribution in [-0.4, -0.2) is 35.2 Å². The maximum atomic E-state index is 12.9. The number of hydrogen-bond acceptors (Lipinski definition) is 3. The summed E-state index contributed by atoms with van der Waals surface area (Å²) in [6.07, 6.45) is 2.09. The van der Waals surface area contributed by atoms with Crippen molar-refractivity contribution in [2.24, 2.45) is 5.92 Å². The summed E-state index contributed by atoms with van der Waals surface area (Å²) >= 11 is 0. The molecule has 116 valence electrons. The fourth-order valence-electron chi connectivity index (χ4n) is 3.16. The minimum atomic E-state index is -0.507. The van der Waals surface area contributed by atoms with E-state index in [0.29, 0.717) is 30.6 Å². The third-order valence-electron chi connectivity index (χ3n) is 4.65. The molecule has 0 N–H and O–H groups in total. The predicted molar refractivity (Wildman–Crippen MR) is 82.4 cm³/mol.